The highest BCUT2D eigenvalue weighted by Gasteiger charge is 2.11. The first-order chi connectivity index (χ1) is 8.08. The lowest BCUT2D eigenvalue weighted by molar-refractivity contribution is 0.616. The van der Waals surface area contributed by atoms with Gasteiger partial charge < -0.3 is 5.73 Å². The monoisotopic (exact) mass is 294 g/mol. The summed E-state index contributed by atoms with van der Waals surface area (Å²) >= 11 is 3.32. The predicted octanol–water partition coefficient (Wildman–Crippen LogP) is 3.34. The van der Waals surface area contributed by atoms with E-state index in [1.807, 2.05) is 12.1 Å². The molecule has 4 heteroatoms. The van der Waals surface area contributed by atoms with Crippen molar-refractivity contribution in [2.75, 3.05) is 0 Å². The summed E-state index contributed by atoms with van der Waals surface area (Å²) in [6.07, 6.45) is 1.70. The second-order valence-corrected chi connectivity index (χ2v) is 4.80. The van der Waals surface area contributed by atoms with Crippen molar-refractivity contribution in [3.8, 4) is 0 Å². The van der Waals surface area contributed by atoms with E-state index in [0.717, 1.165) is 15.7 Å². The number of hydrogen-bond acceptors (Lipinski definition) is 2. The Balaban J connectivity index is 2.33. The van der Waals surface area contributed by atoms with E-state index in [4.69, 9.17) is 5.73 Å². The van der Waals surface area contributed by atoms with Gasteiger partial charge in [0.1, 0.15) is 5.82 Å². The minimum atomic E-state index is -0.331. The van der Waals surface area contributed by atoms with Crippen LogP contribution >= 0.6 is 15.9 Å². The molecule has 0 saturated heterocycles. The van der Waals surface area contributed by atoms with Gasteiger partial charge in [0.25, 0.3) is 0 Å². The minimum absolute atomic E-state index is 0.218. The van der Waals surface area contributed by atoms with E-state index < -0.39 is 0 Å². The molecule has 1 aromatic carbocycles. The van der Waals surface area contributed by atoms with E-state index in [2.05, 4.69) is 20.9 Å². The van der Waals surface area contributed by atoms with E-state index >= 15 is 0 Å². The van der Waals surface area contributed by atoms with Crippen LogP contribution in [0.25, 0.3) is 0 Å². The summed E-state index contributed by atoms with van der Waals surface area (Å²) in [7, 11) is 0. The zero-order valence-electron chi connectivity index (χ0n) is 9.32. The maximum absolute atomic E-state index is 13.2. The fraction of sp³-hybridized carbons (Fsp3) is 0.154. The van der Waals surface area contributed by atoms with Crippen LogP contribution in [0.15, 0.2) is 41.0 Å². The summed E-state index contributed by atoms with van der Waals surface area (Å²) in [5, 5.41) is 0. The molecule has 1 heterocycles. The van der Waals surface area contributed by atoms with Crippen LogP contribution < -0.4 is 5.73 Å². The number of aromatic nitrogens is 1. The summed E-state index contributed by atoms with van der Waals surface area (Å²) in [4.78, 5) is 4.24. The summed E-state index contributed by atoms with van der Waals surface area (Å²) < 4.78 is 14.1. The highest BCUT2D eigenvalue weighted by atomic mass is 79.9. The lowest BCUT2D eigenvalue weighted by Crippen LogP contribution is -2.13. The van der Waals surface area contributed by atoms with Crippen LogP contribution in [0, 0.1) is 12.7 Å². The maximum Gasteiger partial charge on any atom is 0.126 e. The van der Waals surface area contributed by atoms with E-state index in [-0.39, 0.29) is 11.9 Å². The highest BCUT2D eigenvalue weighted by Crippen LogP contribution is 2.21. The van der Waals surface area contributed by atoms with Crippen LogP contribution in [-0.2, 0) is 0 Å². The number of nitrogens with two attached hydrogens (primary N) is 1. The maximum atomic E-state index is 13.2. The molecular formula is C13H12BrFN2. The minimum Gasteiger partial charge on any atom is -0.319 e. The first-order valence-electron chi connectivity index (χ1n) is 5.21. The average Bonchev–Trinajstić information content (AvgIpc) is 2.33. The van der Waals surface area contributed by atoms with E-state index in [1.165, 1.54) is 6.07 Å². The summed E-state index contributed by atoms with van der Waals surface area (Å²) in [5.74, 6) is -0.218. The van der Waals surface area contributed by atoms with Crippen molar-refractivity contribution in [1.82, 2.24) is 4.98 Å². The van der Waals surface area contributed by atoms with Crippen LogP contribution in [0.5, 0.6) is 0 Å². The van der Waals surface area contributed by atoms with E-state index in [0.29, 0.717) is 5.56 Å². The van der Waals surface area contributed by atoms with Crippen molar-refractivity contribution in [2.24, 2.45) is 5.73 Å². The Morgan fingerprint density at radius 1 is 1.29 bits per heavy atom. The van der Waals surface area contributed by atoms with Gasteiger partial charge in [-0.1, -0.05) is 12.1 Å². The number of rotatable bonds is 2. The van der Waals surface area contributed by atoms with Gasteiger partial charge in [-0.3, -0.25) is 4.98 Å². The largest absolute Gasteiger partial charge is 0.319 e. The molecule has 0 aliphatic heterocycles. The van der Waals surface area contributed by atoms with Crippen molar-refractivity contribution in [3.63, 3.8) is 0 Å². The molecule has 0 bridgehead atoms. The summed E-state index contributed by atoms with van der Waals surface area (Å²) in [6, 6.07) is 8.29. The Morgan fingerprint density at radius 3 is 2.65 bits per heavy atom. The number of aryl methyl sites for hydroxylation is 1. The molecule has 2 nitrogen and oxygen atoms in total. The van der Waals surface area contributed by atoms with Crippen LogP contribution in [0.4, 0.5) is 4.39 Å². The molecule has 1 aromatic heterocycles. The molecule has 0 radical (unpaired) electrons. The molecule has 0 saturated carbocycles. The Morgan fingerprint density at radius 2 is 2.06 bits per heavy atom. The van der Waals surface area contributed by atoms with Crippen LogP contribution in [0.3, 0.4) is 0 Å². The third kappa shape index (κ3) is 2.70. The molecule has 0 aliphatic carbocycles. The smallest absolute Gasteiger partial charge is 0.126 e. The number of halogens is 2. The van der Waals surface area contributed by atoms with Crippen LogP contribution in [0.2, 0.25) is 0 Å². The molecule has 88 valence electrons. The van der Waals surface area contributed by atoms with E-state index in [1.54, 1.807) is 25.3 Å². The van der Waals surface area contributed by atoms with Gasteiger partial charge in [-0.2, -0.15) is 0 Å². The first kappa shape index (κ1) is 12.2. The summed E-state index contributed by atoms with van der Waals surface area (Å²) in [5.41, 5.74) is 8.30. The molecule has 17 heavy (non-hydrogen) atoms. The van der Waals surface area contributed by atoms with Gasteiger partial charge in [-0.25, -0.2) is 4.39 Å². The molecule has 1 unspecified atom stereocenters. The van der Waals surface area contributed by atoms with Crippen molar-refractivity contribution >= 4 is 15.9 Å². The molecule has 2 N–H and O–H groups in total. The molecule has 2 rings (SSSR count). The molecule has 1 atom stereocenters. The van der Waals surface area contributed by atoms with Gasteiger partial charge in [0.15, 0.2) is 0 Å². The van der Waals surface area contributed by atoms with Gasteiger partial charge in [0, 0.05) is 10.7 Å². The normalized spacial score (nSPS) is 12.5. The lowest BCUT2D eigenvalue weighted by atomic mass is 10.0. The Kier molecular flexibility index (Phi) is 3.54. The number of nitrogens with zero attached hydrogens (tertiary/aromatic N) is 1. The zero-order valence-corrected chi connectivity index (χ0v) is 10.9. The number of hydrogen-bond donors (Lipinski definition) is 1. The Bertz CT molecular complexity index is 525. The average molecular weight is 295 g/mol. The molecule has 0 fully saturated rings. The Hall–Kier alpha value is -1.26. The van der Waals surface area contributed by atoms with Crippen molar-refractivity contribution in [1.29, 1.82) is 0 Å². The van der Waals surface area contributed by atoms with Crippen molar-refractivity contribution in [3.05, 3.63) is 63.6 Å². The standard InChI is InChI=1S/C13H12BrFN2/c1-8-6-9(2-4-11(8)15)13(16)12-5-3-10(14)7-17-12/h2-7,13H,16H2,1H3. The number of pyridine rings is 1. The van der Waals surface area contributed by atoms with Gasteiger partial charge >= 0.3 is 0 Å². The second kappa shape index (κ2) is 4.94. The van der Waals surface area contributed by atoms with Gasteiger partial charge in [0.05, 0.1) is 11.7 Å². The van der Waals surface area contributed by atoms with Crippen molar-refractivity contribution < 1.29 is 4.39 Å². The topological polar surface area (TPSA) is 38.9 Å². The lowest BCUT2D eigenvalue weighted by Gasteiger charge is -2.12. The van der Waals surface area contributed by atoms with E-state index in [9.17, 15) is 4.39 Å². The fourth-order valence-electron chi connectivity index (χ4n) is 1.60. The van der Waals surface area contributed by atoms with Crippen LogP contribution in [-0.4, -0.2) is 4.98 Å². The third-order valence-corrected chi connectivity index (χ3v) is 3.08. The van der Waals surface area contributed by atoms with Gasteiger partial charge in [-0.05, 0) is 52.2 Å². The molecule has 0 aliphatic rings. The zero-order chi connectivity index (χ0) is 12.4. The van der Waals surface area contributed by atoms with Crippen LogP contribution in [0.1, 0.15) is 22.9 Å². The fourth-order valence-corrected chi connectivity index (χ4v) is 1.84. The Labute approximate surface area is 108 Å². The predicted molar refractivity (Wildman–Crippen MR) is 69.1 cm³/mol. The second-order valence-electron chi connectivity index (χ2n) is 3.89. The quantitative estimate of drug-likeness (QED) is 0.923. The molecular weight excluding hydrogens is 283 g/mol. The van der Waals surface area contributed by atoms with Gasteiger partial charge in [0.2, 0.25) is 0 Å². The highest BCUT2D eigenvalue weighted by molar-refractivity contribution is 9.10. The van der Waals surface area contributed by atoms with Gasteiger partial charge in [-0.15, -0.1) is 0 Å². The summed E-state index contributed by atoms with van der Waals surface area (Å²) in [6.45, 7) is 1.72. The molecule has 0 spiro atoms. The molecule has 0 amide bonds. The number of benzene rings is 1. The third-order valence-electron chi connectivity index (χ3n) is 2.61. The molecule has 2 aromatic rings. The first-order valence-corrected chi connectivity index (χ1v) is 6.00. The SMILES string of the molecule is Cc1cc(C(N)c2ccc(Br)cn2)ccc1F. The van der Waals surface area contributed by atoms with Crippen molar-refractivity contribution in [2.45, 2.75) is 13.0 Å².